The summed E-state index contributed by atoms with van der Waals surface area (Å²) in [6.07, 6.45) is -4.47. The quantitative estimate of drug-likeness (QED) is 0.493. The van der Waals surface area contributed by atoms with Crippen LogP contribution in [0.15, 0.2) is 18.2 Å². The topological polar surface area (TPSA) is 0 Å². The molecule has 0 bridgehead atoms. The summed E-state index contributed by atoms with van der Waals surface area (Å²) in [5.41, 5.74) is -1.13. The van der Waals surface area contributed by atoms with Gasteiger partial charge in [-0.05, 0) is 23.8 Å². The lowest BCUT2D eigenvalue weighted by molar-refractivity contribution is -0.138. The summed E-state index contributed by atoms with van der Waals surface area (Å²) in [5.74, 6) is -1.07. The van der Waals surface area contributed by atoms with E-state index in [1.54, 1.807) is 0 Å². The molecule has 0 N–H and O–H groups in total. The van der Waals surface area contributed by atoms with Gasteiger partial charge in [0.05, 0.1) is 5.56 Å². The van der Waals surface area contributed by atoms with Crippen LogP contribution < -0.4 is 0 Å². The fourth-order valence-electron chi connectivity index (χ4n) is 0.949. The van der Waals surface area contributed by atoms with Crippen molar-refractivity contribution in [3.8, 4) is 0 Å². The van der Waals surface area contributed by atoms with Gasteiger partial charge in [-0.15, -0.1) is 11.6 Å². The van der Waals surface area contributed by atoms with Gasteiger partial charge in [-0.2, -0.15) is 13.2 Å². The molecule has 0 fully saturated rings. The maximum atomic E-state index is 12.5. The Morgan fingerprint density at radius 1 is 1.23 bits per heavy atom. The Kier molecular flexibility index (Phi) is 2.81. The lowest BCUT2D eigenvalue weighted by atomic mass is 10.1. The monoisotopic (exact) mass is 212 g/mol. The van der Waals surface area contributed by atoms with Gasteiger partial charge in [-0.1, -0.05) is 0 Å². The van der Waals surface area contributed by atoms with Crippen LogP contribution in [0, 0.1) is 5.82 Å². The molecular weight excluding hydrogens is 208 g/mol. The molecule has 0 spiro atoms. The molecule has 0 amide bonds. The molecule has 72 valence electrons. The summed E-state index contributed by atoms with van der Waals surface area (Å²) in [4.78, 5) is 0. The largest absolute Gasteiger partial charge is 0.416 e. The van der Waals surface area contributed by atoms with Crippen molar-refractivity contribution in [3.05, 3.63) is 35.1 Å². The summed E-state index contributed by atoms with van der Waals surface area (Å²) in [7, 11) is 0. The predicted molar refractivity (Wildman–Crippen MR) is 41.0 cm³/mol. The number of halogens is 5. The van der Waals surface area contributed by atoms with Crippen molar-refractivity contribution in [2.24, 2.45) is 0 Å². The smallest absolute Gasteiger partial charge is 0.207 e. The normalized spacial score (nSPS) is 11.8. The molecule has 0 aromatic heterocycles. The molecule has 0 heterocycles. The zero-order valence-electron chi connectivity index (χ0n) is 6.33. The van der Waals surface area contributed by atoms with E-state index < -0.39 is 17.6 Å². The summed E-state index contributed by atoms with van der Waals surface area (Å²) in [5, 5.41) is 0. The Morgan fingerprint density at radius 2 is 1.85 bits per heavy atom. The standard InChI is InChI=1S/C8H5ClF4/c9-4-5-3-6(10)1-2-7(5)8(11,12)13/h1-3H,4H2. The number of benzene rings is 1. The van der Waals surface area contributed by atoms with Crippen LogP contribution in [0.2, 0.25) is 0 Å². The van der Waals surface area contributed by atoms with Crippen molar-refractivity contribution in [2.45, 2.75) is 12.1 Å². The first-order valence-electron chi connectivity index (χ1n) is 3.36. The summed E-state index contributed by atoms with van der Waals surface area (Å²) in [6.45, 7) is 0. The highest BCUT2D eigenvalue weighted by atomic mass is 35.5. The van der Waals surface area contributed by atoms with Gasteiger partial charge < -0.3 is 0 Å². The molecule has 1 aromatic rings. The van der Waals surface area contributed by atoms with Gasteiger partial charge in [-0.25, -0.2) is 4.39 Å². The van der Waals surface area contributed by atoms with E-state index >= 15 is 0 Å². The predicted octanol–water partition coefficient (Wildman–Crippen LogP) is 3.58. The van der Waals surface area contributed by atoms with Crippen molar-refractivity contribution in [1.82, 2.24) is 0 Å². The lowest BCUT2D eigenvalue weighted by Crippen LogP contribution is -2.08. The maximum Gasteiger partial charge on any atom is 0.416 e. The van der Waals surface area contributed by atoms with Crippen LogP contribution in [-0.2, 0) is 12.1 Å². The third-order valence-electron chi connectivity index (χ3n) is 1.52. The average molecular weight is 213 g/mol. The van der Waals surface area contributed by atoms with Crippen LogP contribution in [0.25, 0.3) is 0 Å². The van der Waals surface area contributed by atoms with Gasteiger partial charge in [0.25, 0.3) is 0 Å². The Bertz CT molecular complexity index is 306. The lowest BCUT2D eigenvalue weighted by Gasteiger charge is -2.10. The van der Waals surface area contributed by atoms with E-state index in [4.69, 9.17) is 11.6 Å². The Hall–Kier alpha value is -0.770. The van der Waals surface area contributed by atoms with Crippen molar-refractivity contribution >= 4 is 11.6 Å². The zero-order valence-corrected chi connectivity index (χ0v) is 7.08. The van der Waals surface area contributed by atoms with E-state index in [9.17, 15) is 17.6 Å². The second-order valence-corrected chi connectivity index (χ2v) is 2.70. The number of alkyl halides is 4. The molecule has 0 saturated carbocycles. The van der Waals surface area contributed by atoms with Gasteiger partial charge in [0, 0.05) is 5.88 Å². The molecule has 13 heavy (non-hydrogen) atoms. The first-order chi connectivity index (χ1) is 5.95. The fraction of sp³-hybridized carbons (Fsp3) is 0.250. The molecule has 0 aliphatic heterocycles. The SMILES string of the molecule is Fc1ccc(C(F)(F)F)c(CCl)c1. The average Bonchev–Trinajstić information content (AvgIpc) is 2.01. The highest BCUT2D eigenvalue weighted by Gasteiger charge is 2.32. The second kappa shape index (κ2) is 3.54. The molecule has 0 aliphatic carbocycles. The van der Waals surface area contributed by atoms with Crippen molar-refractivity contribution in [2.75, 3.05) is 0 Å². The second-order valence-electron chi connectivity index (χ2n) is 2.43. The molecule has 5 heteroatoms. The molecule has 0 atom stereocenters. The van der Waals surface area contributed by atoms with Crippen LogP contribution in [0.4, 0.5) is 17.6 Å². The number of rotatable bonds is 1. The van der Waals surface area contributed by atoms with Crippen molar-refractivity contribution in [1.29, 1.82) is 0 Å². The van der Waals surface area contributed by atoms with Gasteiger partial charge in [-0.3, -0.25) is 0 Å². The maximum absolute atomic E-state index is 12.5. The molecule has 0 radical (unpaired) electrons. The third kappa shape index (κ3) is 2.34. The minimum Gasteiger partial charge on any atom is -0.207 e. The molecule has 0 nitrogen and oxygen atoms in total. The van der Waals surface area contributed by atoms with E-state index in [1.807, 2.05) is 0 Å². The first-order valence-corrected chi connectivity index (χ1v) is 3.90. The Labute approximate surface area is 77.1 Å². The molecule has 0 unspecified atom stereocenters. The van der Waals surface area contributed by atoms with Gasteiger partial charge in [0.1, 0.15) is 5.82 Å². The van der Waals surface area contributed by atoms with Crippen LogP contribution >= 0.6 is 11.6 Å². The van der Waals surface area contributed by atoms with Gasteiger partial charge in [0.15, 0.2) is 0 Å². The highest BCUT2D eigenvalue weighted by Crippen LogP contribution is 2.32. The van der Waals surface area contributed by atoms with Gasteiger partial charge in [0.2, 0.25) is 0 Å². The summed E-state index contributed by atoms with van der Waals surface area (Å²) in [6, 6.07) is 2.24. The van der Waals surface area contributed by atoms with E-state index in [-0.39, 0.29) is 11.4 Å². The van der Waals surface area contributed by atoms with Crippen LogP contribution in [-0.4, -0.2) is 0 Å². The van der Waals surface area contributed by atoms with Crippen LogP contribution in [0.1, 0.15) is 11.1 Å². The Balaban J connectivity index is 3.22. The minimum atomic E-state index is -4.47. The van der Waals surface area contributed by atoms with Crippen LogP contribution in [0.5, 0.6) is 0 Å². The van der Waals surface area contributed by atoms with Crippen molar-refractivity contribution in [3.63, 3.8) is 0 Å². The third-order valence-corrected chi connectivity index (χ3v) is 1.80. The van der Waals surface area contributed by atoms with E-state index in [0.29, 0.717) is 6.07 Å². The molecular formula is C8H5ClF4. The zero-order chi connectivity index (χ0) is 10.1. The van der Waals surface area contributed by atoms with Gasteiger partial charge >= 0.3 is 6.18 Å². The number of hydrogen-bond acceptors (Lipinski definition) is 0. The first kappa shape index (κ1) is 10.3. The molecule has 1 rings (SSSR count). The van der Waals surface area contributed by atoms with E-state index in [2.05, 4.69) is 0 Å². The minimum absolute atomic E-state index is 0.242. The van der Waals surface area contributed by atoms with E-state index in [1.165, 1.54) is 0 Å². The molecule has 0 saturated heterocycles. The molecule has 0 aliphatic rings. The highest BCUT2D eigenvalue weighted by molar-refractivity contribution is 6.17. The fourth-order valence-corrected chi connectivity index (χ4v) is 1.17. The van der Waals surface area contributed by atoms with E-state index in [0.717, 1.165) is 12.1 Å². The number of hydrogen-bond donors (Lipinski definition) is 0. The van der Waals surface area contributed by atoms with Crippen molar-refractivity contribution < 1.29 is 17.6 Å². The Morgan fingerprint density at radius 3 is 2.31 bits per heavy atom. The van der Waals surface area contributed by atoms with Crippen LogP contribution in [0.3, 0.4) is 0 Å². The molecule has 1 aromatic carbocycles. The summed E-state index contributed by atoms with van der Waals surface area (Å²) < 4.78 is 49.1. The summed E-state index contributed by atoms with van der Waals surface area (Å²) >= 11 is 5.24.